The Labute approximate surface area is 212 Å². The summed E-state index contributed by atoms with van der Waals surface area (Å²) in [6.45, 7) is 4.24. The van der Waals surface area contributed by atoms with Crippen molar-refractivity contribution in [1.82, 2.24) is 9.47 Å². The molecule has 1 aliphatic rings. The Morgan fingerprint density at radius 2 is 1.91 bits per heavy atom. The van der Waals surface area contributed by atoms with Gasteiger partial charge in [-0.05, 0) is 85.0 Å². The maximum Gasteiger partial charge on any atom is 0.340 e. The van der Waals surface area contributed by atoms with Crippen molar-refractivity contribution in [2.75, 3.05) is 26.3 Å². The fourth-order valence-corrected chi connectivity index (χ4v) is 5.11. The summed E-state index contributed by atoms with van der Waals surface area (Å²) in [5, 5.41) is 21.2. The first-order valence-corrected chi connectivity index (χ1v) is 12.5. The molecule has 35 heavy (non-hydrogen) atoms. The van der Waals surface area contributed by atoms with Crippen LogP contribution in [0.15, 0.2) is 34.8 Å². The van der Waals surface area contributed by atoms with E-state index in [0.29, 0.717) is 44.9 Å². The number of rotatable bonds is 8. The first-order chi connectivity index (χ1) is 16.8. The van der Waals surface area contributed by atoms with E-state index in [0.717, 1.165) is 31.4 Å². The molecule has 0 aliphatic carbocycles. The number of carbonyl (C=O) groups is 1. The zero-order valence-electron chi connectivity index (χ0n) is 19.9. The average Bonchev–Trinajstić information content (AvgIpc) is 3.13. The second-order valence-corrected chi connectivity index (χ2v) is 9.68. The summed E-state index contributed by atoms with van der Waals surface area (Å²) >= 11 is 3.47. The van der Waals surface area contributed by atoms with E-state index in [1.807, 2.05) is 11.6 Å². The van der Waals surface area contributed by atoms with Crippen LogP contribution in [0.4, 0.5) is 4.39 Å². The van der Waals surface area contributed by atoms with Crippen molar-refractivity contribution in [1.29, 1.82) is 0 Å². The maximum atomic E-state index is 13.3. The number of aromatic nitrogens is 1. The highest BCUT2D eigenvalue weighted by Crippen LogP contribution is 2.40. The molecule has 0 atom stereocenters. The van der Waals surface area contributed by atoms with Crippen LogP contribution in [0.2, 0.25) is 0 Å². The van der Waals surface area contributed by atoms with Crippen molar-refractivity contribution in [3.8, 4) is 11.5 Å². The molecule has 4 rings (SSSR count). The Bertz CT molecular complexity index is 1200. The van der Waals surface area contributed by atoms with Gasteiger partial charge in [-0.15, -0.1) is 0 Å². The van der Waals surface area contributed by atoms with Gasteiger partial charge < -0.3 is 24.3 Å². The normalized spacial score (nSPS) is 15.0. The Morgan fingerprint density at radius 1 is 1.23 bits per heavy atom. The molecule has 1 aromatic heterocycles. The van der Waals surface area contributed by atoms with Crippen LogP contribution in [-0.2, 0) is 24.9 Å². The number of fused-ring (bicyclic) bond motifs is 1. The number of benzene rings is 2. The van der Waals surface area contributed by atoms with Crippen LogP contribution < -0.4 is 4.74 Å². The van der Waals surface area contributed by atoms with Crippen molar-refractivity contribution in [2.24, 2.45) is 13.0 Å². The largest absolute Gasteiger partial charge is 0.506 e. The van der Waals surface area contributed by atoms with Crippen LogP contribution in [0.1, 0.15) is 41.4 Å². The van der Waals surface area contributed by atoms with Gasteiger partial charge in [0.15, 0.2) is 0 Å². The summed E-state index contributed by atoms with van der Waals surface area (Å²) in [6, 6.07) is 7.49. The third-order valence-corrected chi connectivity index (χ3v) is 7.26. The number of aliphatic hydroxyl groups is 1. The van der Waals surface area contributed by atoms with Crippen LogP contribution >= 0.6 is 15.9 Å². The van der Waals surface area contributed by atoms with Crippen LogP contribution in [0.3, 0.4) is 0 Å². The van der Waals surface area contributed by atoms with Crippen molar-refractivity contribution >= 4 is 32.8 Å². The molecule has 7 nitrogen and oxygen atoms in total. The number of carbonyl (C=O) groups excluding carboxylic acids is 1. The van der Waals surface area contributed by atoms with Crippen LogP contribution in [0.25, 0.3) is 10.9 Å². The quantitative estimate of drug-likeness (QED) is 0.395. The van der Waals surface area contributed by atoms with Gasteiger partial charge in [0, 0.05) is 31.1 Å². The number of ether oxygens (including phenoxy) is 2. The molecule has 0 radical (unpaired) electrons. The van der Waals surface area contributed by atoms with Crippen LogP contribution in [0, 0.1) is 11.7 Å². The smallest absolute Gasteiger partial charge is 0.340 e. The number of halogens is 2. The number of nitrogens with zero attached hydrogens (tertiary/aromatic N) is 2. The lowest BCUT2D eigenvalue weighted by atomic mass is 9.96. The second kappa shape index (κ2) is 11.0. The molecule has 2 heterocycles. The Balaban J connectivity index is 1.78. The summed E-state index contributed by atoms with van der Waals surface area (Å²) in [5.74, 6) is 0.00994. The Kier molecular flexibility index (Phi) is 7.98. The third kappa shape index (κ3) is 5.32. The fourth-order valence-electron chi connectivity index (χ4n) is 4.66. The number of piperidine rings is 1. The lowest BCUT2D eigenvalue weighted by Crippen LogP contribution is -2.34. The summed E-state index contributed by atoms with van der Waals surface area (Å²) in [7, 11) is 1.84. The minimum Gasteiger partial charge on any atom is -0.506 e. The first-order valence-electron chi connectivity index (χ1n) is 11.7. The molecule has 0 saturated carbocycles. The van der Waals surface area contributed by atoms with Gasteiger partial charge in [0.25, 0.3) is 0 Å². The topological polar surface area (TPSA) is 84.2 Å². The Morgan fingerprint density at radius 3 is 2.54 bits per heavy atom. The molecule has 188 valence electrons. The second-order valence-electron chi connectivity index (χ2n) is 8.83. The van der Waals surface area contributed by atoms with Crippen molar-refractivity contribution in [3.05, 3.63) is 57.4 Å². The number of hydrogen-bond acceptors (Lipinski definition) is 6. The number of esters is 1. The number of aromatic hydroxyl groups is 1. The average molecular weight is 549 g/mol. The molecular formula is C26H30BrFN2O5. The molecule has 0 spiro atoms. The number of likely N-dealkylation sites (tertiary alicyclic amines) is 1. The van der Waals surface area contributed by atoms with E-state index in [1.54, 1.807) is 13.0 Å². The molecular weight excluding hydrogens is 519 g/mol. The standard InChI is InChI=1S/C26H30BrFN2O5/c1-3-34-26(33)24-22(15-35-18-6-4-17(28)5-7-18)29(2)21-12-20(27)25(32)19(23(21)24)13-30-10-8-16(14-31)9-11-30/h4-7,12,16,31-32H,3,8-11,13-15H2,1-2H3. The molecule has 9 heteroatoms. The predicted octanol–water partition coefficient (Wildman–Crippen LogP) is 4.75. The molecule has 0 amide bonds. The summed E-state index contributed by atoms with van der Waals surface area (Å²) < 4.78 is 27.0. The van der Waals surface area contributed by atoms with E-state index in [2.05, 4.69) is 20.8 Å². The SMILES string of the molecule is CCOC(=O)c1c(COc2ccc(F)cc2)n(C)c2cc(Br)c(O)c(CN3CCC(CO)CC3)c12. The van der Waals surface area contributed by atoms with Crippen LogP contribution in [-0.4, -0.2) is 52.0 Å². The summed E-state index contributed by atoms with van der Waals surface area (Å²) in [4.78, 5) is 15.4. The highest BCUT2D eigenvalue weighted by molar-refractivity contribution is 9.10. The van der Waals surface area contributed by atoms with Gasteiger partial charge in [-0.2, -0.15) is 0 Å². The lowest BCUT2D eigenvalue weighted by Gasteiger charge is -2.31. The molecule has 1 fully saturated rings. The monoisotopic (exact) mass is 548 g/mol. The minimum atomic E-state index is -0.488. The number of hydrogen-bond donors (Lipinski definition) is 2. The van der Waals surface area contributed by atoms with Gasteiger partial charge >= 0.3 is 5.97 Å². The molecule has 2 N–H and O–H groups in total. The highest BCUT2D eigenvalue weighted by Gasteiger charge is 2.29. The van der Waals surface area contributed by atoms with E-state index in [1.165, 1.54) is 24.3 Å². The number of aliphatic hydroxyl groups excluding tert-OH is 1. The molecule has 2 aromatic carbocycles. The third-order valence-electron chi connectivity index (χ3n) is 6.65. The van der Waals surface area contributed by atoms with Crippen molar-refractivity contribution in [3.63, 3.8) is 0 Å². The maximum absolute atomic E-state index is 13.3. The molecule has 1 saturated heterocycles. The van der Waals surface area contributed by atoms with Gasteiger partial charge in [0.05, 0.1) is 27.9 Å². The van der Waals surface area contributed by atoms with Crippen molar-refractivity contribution in [2.45, 2.75) is 32.9 Å². The van der Waals surface area contributed by atoms with E-state index < -0.39 is 5.97 Å². The summed E-state index contributed by atoms with van der Waals surface area (Å²) in [5.41, 5.74) is 2.36. The van der Waals surface area contributed by atoms with Gasteiger partial charge in [-0.3, -0.25) is 4.90 Å². The highest BCUT2D eigenvalue weighted by atomic mass is 79.9. The van der Waals surface area contributed by atoms with Gasteiger partial charge in [-0.1, -0.05) is 0 Å². The van der Waals surface area contributed by atoms with Gasteiger partial charge in [-0.25, -0.2) is 9.18 Å². The van der Waals surface area contributed by atoms with E-state index >= 15 is 0 Å². The van der Waals surface area contributed by atoms with Crippen LogP contribution in [0.5, 0.6) is 11.5 Å². The summed E-state index contributed by atoms with van der Waals surface area (Å²) in [6.07, 6.45) is 1.76. The molecule has 0 bridgehead atoms. The lowest BCUT2D eigenvalue weighted by molar-refractivity contribution is 0.0525. The Hall–Kier alpha value is -2.62. The molecule has 0 unspecified atom stereocenters. The van der Waals surface area contributed by atoms with E-state index in [9.17, 15) is 19.4 Å². The van der Waals surface area contributed by atoms with Gasteiger partial charge in [0.1, 0.15) is 23.9 Å². The number of aryl methyl sites for hydroxylation is 1. The fraction of sp³-hybridized carbons (Fsp3) is 0.423. The minimum absolute atomic E-state index is 0.0602. The molecule has 3 aromatic rings. The zero-order valence-corrected chi connectivity index (χ0v) is 21.5. The number of phenols is 1. The van der Waals surface area contributed by atoms with E-state index in [-0.39, 0.29) is 31.4 Å². The zero-order chi connectivity index (χ0) is 25.1. The van der Waals surface area contributed by atoms with E-state index in [4.69, 9.17) is 9.47 Å². The number of phenolic OH excluding ortho intramolecular Hbond substituents is 1. The van der Waals surface area contributed by atoms with Crippen molar-refractivity contribution < 1.29 is 28.9 Å². The van der Waals surface area contributed by atoms with Gasteiger partial charge in [0.2, 0.25) is 0 Å². The first kappa shape index (κ1) is 25.5. The molecule has 1 aliphatic heterocycles. The predicted molar refractivity (Wildman–Crippen MR) is 134 cm³/mol.